The lowest BCUT2D eigenvalue weighted by molar-refractivity contribution is 0.0694. The molecule has 78 valence electrons. The van der Waals surface area contributed by atoms with Crippen molar-refractivity contribution in [2.45, 2.75) is 0 Å². The molecule has 0 fully saturated rings. The highest BCUT2D eigenvalue weighted by Crippen LogP contribution is 2.33. The van der Waals surface area contributed by atoms with Gasteiger partial charge >= 0.3 is 5.97 Å². The van der Waals surface area contributed by atoms with E-state index < -0.39 is 5.97 Å². The highest BCUT2D eigenvalue weighted by molar-refractivity contribution is 14.1. The minimum absolute atomic E-state index is 0.172. The fraction of sp³-hybridized carbons (Fsp3) is 0. The zero-order valence-electron chi connectivity index (χ0n) is 6.92. The maximum Gasteiger partial charge on any atom is 0.337 e. The average molecular weight is 541 g/mol. The van der Waals surface area contributed by atoms with Crippen LogP contribution in [0.4, 0.5) is 5.69 Å². The van der Waals surface area contributed by atoms with E-state index >= 15 is 0 Å². The number of carbonyl (C=O) groups is 1. The first kappa shape index (κ1) is 13.3. The molecule has 0 saturated heterocycles. The quantitative estimate of drug-likeness (QED) is 0.356. The Balaban J connectivity index is 3.63. The van der Waals surface area contributed by atoms with E-state index in [-0.39, 0.29) is 5.56 Å². The Morgan fingerprint density at radius 1 is 1.33 bits per heavy atom. The fourth-order valence-corrected chi connectivity index (χ4v) is 5.00. The molecule has 0 heterocycles. The first-order chi connectivity index (χ1) is 6.99. The summed E-state index contributed by atoms with van der Waals surface area (Å²) in [5, 5.41) is 8.98. The topological polar surface area (TPSA) is 66.7 Å². The zero-order chi connectivity index (χ0) is 11.6. The van der Waals surface area contributed by atoms with E-state index in [1.807, 2.05) is 67.8 Å². The summed E-state index contributed by atoms with van der Waals surface area (Å²) in [6.07, 6.45) is 1.42. The van der Waals surface area contributed by atoms with Crippen LogP contribution >= 0.6 is 67.8 Å². The van der Waals surface area contributed by atoms with Crippen molar-refractivity contribution in [3.05, 3.63) is 22.3 Å². The van der Waals surface area contributed by atoms with Gasteiger partial charge in [-0.05, 0) is 73.8 Å². The van der Waals surface area contributed by atoms with Gasteiger partial charge in [0.2, 0.25) is 6.08 Å². The number of benzene rings is 1. The average Bonchev–Trinajstić information content (AvgIpc) is 2.11. The first-order valence-corrected chi connectivity index (χ1v) is 6.71. The summed E-state index contributed by atoms with van der Waals surface area (Å²) in [4.78, 5) is 24.7. The molecule has 0 bridgehead atoms. The van der Waals surface area contributed by atoms with Crippen LogP contribution in [-0.4, -0.2) is 17.2 Å². The van der Waals surface area contributed by atoms with Gasteiger partial charge in [0, 0.05) is 7.14 Å². The van der Waals surface area contributed by atoms with Crippen LogP contribution in [-0.2, 0) is 4.79 Å². The molecule has 1 N–H and O–H groups in total. The predicted molar refractivity (Wildman–Crippen MR) is 79.3 cm³/mol. The van der Waals surface area contributed by atoms with E-state index in [0.717, 1.165) is 3.57 Å². The van der Waals surface area contributed by atoms with Crippen LogP contribution < -0.4 is 0 Å². The molecular formula is C8H2I3NO3. The molecule has 0 amide bonds. The van der Waals surface area contributed by atoms with E-state index in [0.29, 0.717) is 12.8 Å². The molecule has 1 aromatic rings. The van der Waals surface area contributed by atoms with Crippen LogP contribution in [0.3, 0.4) is 0 Å². The Labute approximate surface area is 126 Å². The predicted octanol–water partition coefficient (Wildman–Crippen LogP) is 3.17. The number of nitrogens with zero attached hydrogens (tertiary/aromatic N) is 1. The summed E-state index contributed by atoms with van der Waals surface area (Å²) in [6, 6.07) is 1.67. The molecule has 0 aromatic heterocycles. The van der Waals surface area contributed by atoms with Crippen molar-refractivity contribution in [2.75, 3.05) is 0 Å². The van der Waals surface area contributed by atoms with Gasteiger partial charge in [-0.1, -0.05) is 0 Å². The molecule has 0 aliphatic heterocycles. The van der Waals surface area contributed by atoms with Gasteiger partial charge in [0.15, 0.2) is 0 Å². The molecule has 1 rings (SSSR count). The van der Waals surface area contributed by atoms with E-state index in [4.69, 9.17) is 5.11 Å². The maximum atomic E-state index is 11.0. The number of rotatable bonds is 2. The second-order valence-corrected chi connectivity index (χ2v) is 5.79. The number of hydrogen-bond acceptors (Lipinski definition) is 3. The van der Waals surface area contributed by atoms with Crippen molar-refractivity contribution in [2.24, 2.45) is 4.99 Å². The Bertz CT molecular complexity index is 454. The van der Waals surface area contributed by atoms with Crippen LogP contribution in [0.25, 0.3) is 0 Å². The normalized spacial score (nSPS) is 9.53. The number of halogens is 3. The second-order valence-electron chi connectivity index (χ2n) is 2.39. The van der Waals surface area contributed by atoms with E-state index in [9.17, 15) is 9.59 Å². The Morgan fingerprint density at radius 2 is 1.93 bits per heavy atom. The minimum Gasteiger partial charge on any atom is -0.478 e. The lowest BCUT2D eigenvalue weighted by Gasteiger charge is -2.06. The standard InChI is InChI=1S/C8H2I3NO3/c9-3-1-4(10)7(12-2-13)6(11)5(3)8(14)15/h1H,(H,14,15). The van der Waals surface area contributed by atoms with Gasteiger partial charge in [-0.3, -0.25) is 0 Å². The SMILES string of the molecule is O=C=Nc1c(I)cc(I)c(C(=O)O)c1I. The highest BCUT2D eigenvalue weighted by Gasteiger charge is 2.18. The van der Waals surface area contributed by atoms with Crippen LogP contribution in [0.1, 0.15) is 10.4 Å². The highest BCUT2D eigenvalue weighted by atomic mass is 127. The van der Waals surface area contributed by atoms with Crippen LogP contribution in [0.5, 0.6) is 0 Å². The molecule has 0 unspecified atom stereocenters. The Hall–Kier alpha value is 0.260. The molecule has 0 atom stereocenters. The number of isocyanates is 1. The van der Waals surface area contributed by atoms with Gasteiger partial charge in [-0.2, -0.15) is 4.99 Å². The monoisotopic (exact) mass is 541 g/mol. The molecule has 0 aliphatic rings. The van der Waals surface area contributed by atoms with Crippen molar-refractivity contribution < 1.29 is 14.7 Å². The second kappa shape index (κ2) is 5.55. The third kappa shape index (κ3) is 2.88. The molecule has 15 heavy (non-hydrogen) atoms. The van der Waals surface area contributed by atoms with E-state index in [1.54, 1.807) is 6.07 Å². The lowest BCUT2D eigenvalue weighted by atomic mass is 10.2. The van der Waals surface area contributed by atoms with Crippen LogP contribution in [0.15, 0.2) is 11.1 Å². The number of carbonyl (C=O) groups excluding carboxylic acids is 1. The van der Waals surface area contributed by atoms with Crippen molar-refractivity contribution >= 4 is 85.5 Å². The van der Waals surface area contributed by atoms with Crippen molar-refractivity contribution in [3.8, 4) is 0 Å². The third-order valence-corrected chi connectivity index (χ3v) is 4.24. The van der Waals surface area contributed by atoms with Crippen molar-refractivity contribution in [1.82, 2.24) is 0 Å². The van der Waals surface area contributed by atoms with Crippen molar-refractivity contribution in [1.29, 1.82) is 0 Å². The van der Waals surface area contributed by atoms with Gasteiger partial charge in [-0.25, -0.2) is 9.59 Å². The summed E-state index contributed by atoms with van der Waals surface area (Å²) < 4.78 is 1.81. The lowest BCUT2D eigenvalue weighted by Crippen LogP contribution is -2.04. The van der Waals surface area contributed by atoms with Crippen molar-refractivity contribution in [3.63, 3.8) is 0 Å². The molecule has 0 aliphatic carbocycles. The summed E-state index contributed by atoms with van der Waals surface area (Å²) >= 11 is 5.81. The molecule has 0 radical (unpaired) electrons. The molecule has 7 heteroatoms. The molecule has 1 aromatic carbocycles. The van der Waals surface area contributed by atoms with E-state index in [2.05, 4.69) is 4.99 Å². The summed E-state index contributed by atoms with van der Waals surface area (Å²) in [5.74, 6) is -1.03. The number of carboxylic acid groups (broad SMARTS) is 1. The summed E-state index contributed by atoms with van der Waals surface area (Å²) in [7, 11) is 0. The van der Waals surface area contributed by atoms with E-state index in [1.165, 1.54) is 6.08 Å². The van der Waals surface area contributed by atoms with Gasteiger partial charge in [-0.15, -0.1) is 0 Å². The Morgan fingerprint density at radius 3 is 2.40 bits per heavy atom. The molecule has 0 saturated carbocycles. The maximum absolute atomic E-state index is 11.0. The molecule has 4 nitrogen and oxygen atoms in total. The molecular weight excluding hydrogens is 539 g/mol. The summed E-state index contributed by atoms with van der Waals surface area (Å²) in [6.45, 7) is 0. The van der Waals surface area contributed by atoms with Gasteiger partial charge in [0.25, 0.3) is 0 Å². The number of aliphatic imine (C=N–C) groups is 1. The largest absolute Gasteiger partial charge is 0.478 e. The Kier molecular flexibility index (Phi) is 4.93. The number of carboxylic acids is 1. The zero-order valence-corrected chi connectivity index (χ0v) is 13.4. The minimum atomic E-state index is -1.03. The molecule has 0 spiro atoms. The smallest absolute Gasteiger partial charge is 0.337 e. The van der Waals surface area contributed by atoms with Crippen LogP contribution in [0, 0.1) is 10.7 Å². The van der Waals surface area contributed by atoms with Gasteiger partial charge in [0.1, 0.15) is 5.69 Å². The number of hydrogen-bond donors (Lipinski definition) is 1. The van der Waals surface area contributed by atoms with Gasteiger partial charge in [0.05, 0.1) is 9.13 Å². The van der Waals surface area contributed by atoms with Crippen LogP contribution in [0.2, 0.25) is 0 Å². The summed E-state index contributed by atoms with van der Waals surface area (Å²) in [5.41, 5.74) is 0.537. The third-order valence-electron chi connectivity index (χ3n) is 1.52. The fourth-order valence-electron chi connectivity index (χ4n) is 0.924. The first-order valence-electron chi connectivity index (χ1n) is 3.47. The number of aromatic carboxylic acids is 1. The van der Waals surface area contributed by atoms with Gasteiger partial charge < -0.3 is 5.11 Å².